The van der Waals surface area contributed by atoms with E-state index in [2.05, 4.69) is 15.9 Å². The Morgan fingerprint density at radius 2 is 2.29 bits per heavy atom. The molecule has 0 spiro atoms. The van der Waals surface area contributed by atoms with Gasteiger partial charge in [0.15, 0.2) is 0 Å². The Morgan fingerprint density at radius 1 is 1.57 bits per heavy atom. The summed E-state index contributed by atoms with van der Waals surface area (Å²) in [6, 6.07) is 3.34. The van der Waals surface area contributed by atoms with Gasteiger partial charge in [0.25, 0.3) is 5.69 Å². The summed E-state index contributed by atoms with van der Waals surface area (Å²) in [7, 11) is 0. The van der Waals surface area contributed by atoms with E-state index >= 15 is 0 Å². The van der Waals surface area contributed by atoms with Crippen molar-refractivity contribution in [3.8, 4) is 0 Å². The van der Waals surface area contributed by atoms with Crippen LogP contribution in [0.15, 0.2) is 16.6 Å². The third kappa shape index (κ3) is 1.42. The summed E-state index contributed by atoms with van der Waals surface area (Å²) < 4.78 is 0.537. The molecule has 0 unspecified atom stereocenters. The number of nitrogens with two attached hydrogens (primary N) is 1. The van der Waals surface area contributed by atoms with E-state index in [0.717, 1.165) is 24.0 Å². The van der Waals surface area contributed by atoms with Crippen molar-refractivity contribution in [3.63, 3.8) is 0 Å². The minimum Gasteiger partial charge on any atom is -0.324 e. The number of nitrogens with zero attached hydrogens (tertiary/aromatic N) is 1. The predicted molar refractivity (Wildman–Crippen MR) is 56.0 cm³/mol. The molecule has 0 amide bonds. The van der Waals surface area contributed by atoms with Crippen LogP contribution in [-0.4, -0.2) is 4.92 Å². The maximum absolute atomic E-state index is 10.7. The highest BCUT2D eigenvalue weighted by Crippen LogP contribution is 2.36. The number of benzene rings is 1. The molecule has 0 heterocycles. The summed E-state index contributed by atoms with van der Waals surface area (Å²) in [5, 5.41) is 10.7. The topological polar surface area (TPSA) is 69.2 Å². The molecular weight excluding hydrogens is 248 g/mol. The highest BCUT2D eigenvalue weighted by molar-refractivity contribution is 9.10. The fourth-order valence-electron chi connectivity index (χ4n) is 1.79. The van der Waals surface area contributed by atoms with Crippen molar-refractivity contribution in [1.29, 1.82) is 0 Å². The zero-order chi connectivity index (χ0) is 10.3. The summed E-state index contributed by atoms with van der Waals surface area (Å²) in [4.78, 5) is 10.3. The van der Waals surface area contributed by atoms with Crippen LogP contribution >= 0.6 is 15.9 Å². The molecule has 1 aliphatic carbocycles. The number of nitro groups is 1. The Hall–Kier alpha value is -0.940. The van der Waals surface area contributed by atoms with Crippen LogP contribution in [0.4, 0.5) is 5.69 Å². The zero-order valence-corrected chi connectivity index (χ0v) is 8.95. The zero-order valence-electron chi connectivity index (χ0n) is 7.37. The van der Waals surface area contributed by atoms with E-state index in [1.165, 1.54) is 0 Å². The monoisotopic (exact) mass is 256 g/mol. The van der Waals surface area contributed by atoms with Gasteiger partial charge in [-0.15, -0.1) is 0 Å². The molecule has 1 aliphatic rings. The van der Waals surface area contributed by atoms with E-state index in [9.17, 15) is 10.1 Å². The van der Waals surface area contributed by atoms with Crippen LogP contribution in [0.5, 0.6) is 0 Å². The molecule has 4 nitrogen and oxygen atoms in total. The molecule has 2 rings (SSSR count). The summed E-state index contributed by atoms with van der Waals surface area (Å²) in [5.74, 6) is 0. The van der Waals surface area contributed by atoms with Gasteiger partial charge in [0.2, 0.25) is 0 Å². The van der Waals surface area contributed by atoms with Gasteiger partial charge in [-0.2, -0.15) is 0 Å². The molecule has 5 heteroatoms. The van der Waals surface area contributed by atoms with E-state index in [4.69, 9.17) is 5.73 Å². The lowest BCUT2D eigenvalue weighted by Gasteiger charge is -2.05. The molecule has 74 valence electrons. The highest BCUT2D eigenvalue weighted by atomic mass is 79.9. The minimum atomic E-state index is -0.393. The van der Waals surface area contributed by atoms with Gasteiger partial charge in [-0.25, -0.2) is 0 Å². The van der Waals surface area contributed by atoms with Crippen LogP contribution in [0.25, 0.3) is 0 Å². The summed E-state index contributed by atoms with van der Waals surface area (Å²) >= 11 is 3.19. The Bertz CT molecular complexity index is 406. The standard InChI is InChI=1S/C9H9BrN2O2/c10-7-3-5-1-2-8(11)6(5)4-9(7)12(13)14/h3-4,8H,1-2,11H2/t8-/m0/s1. The summed E-state index contributed by atoms with van der Waals surface area (Å²) in [6.07, 6.45) is 1.79. The molecule has 1 atom stereocenters. The first kappa shape index (κ1) is 9.61. The van der Waals surface area contributed by atoms with Crippen LogP contribution in [0.1, 0.15) is 23.6 Å². The third-order valence-electron chi connectivity index (χ3n) is 2.53. The molecule has 0 saturated carbocycles. The molecule has 0 aromatic heterocycles. The smallest absolute Gasteiger partial charge is 0.283 e. The Labute approximate surface area is 89.4 Å². The van der Waals surface area contributed by atoms with Crippen LogP contribution in [0, 0.1) is 10.1 Å². The predicted octanol–water partition coefficient (Wildman–Crippen LogP) is 2.30. The number of rotatable bonds is 1. The van der Waals surface area contributed by atoms with E-state index in [1.54, 1.807) is 12.1 Å². The molecule has 1 aromatic rings. The SMILES string of the molecule is N[C@H]1CCc2cc(Br)c([N+](=O)[O-])cc21. The molecule has 0 radical (unpaired) electrons. The van der Waals surface area contributed by atoms with Gasteiger partial charge < -0.3 is 5.73 Å². The van der Waals surface area contributed by atoms with Crippen molar-refractivity contribution < 1.29 is 4.92 Å². The van der Waals surface area contributed by atoms with Gasteiger partial charge >= 0.3 is 0 Å². The normalized spacial score (nSPS) is 19.4. The largest absolute Gasteiger partial charge is 0.324 e. The molecule has 0 aliphatic heterocycles. The lowest BCUT2D eigenvalue weighted by atomic mass is 10.1. The van der Waals surface area contributed by atoms with Gasteiger partial charge in [-0.3, -0.25) is 10.1 Å². The van der Waals surface area contributed by atoms with Gasteiger partial charge in [-0.1, -0.05) is 0 Å². The number of hydrogen-bond donors (Lipinski definition) is 1. The summed E-state index contributed by atoms with van der Waals surface area (Å²) in [5.41, 5.74) is 7.96. The number of halogens is 1. The molecule has 0 bridgehead atoms. The van der Waals surface area contributed by atoms with Crippen molar-refractivity contribution in [2.24, 2.45) is 5.73 Å². The van der Waals surface area contributed by atoms with Crippen LogP contribution in [-0.2, 0) is 6.42 Å². The van der Waals surface area contributed by atoms with Gasteiger partial charge in [0.1, 0.15) is 0 Å². The Kier molecular flexibility index (Phi) is 2.28. The Balaban J connectivity index is 2.57. The minimum absolute atomic E-state index is 0.0446. The fraction of sp³-hybridized carbons (Fsp3) is 0.333. The second-order valence-corrected chi connectivity index (χ2v) is 4.26. The van der Waals surface area contributed by atoms with Gasteiger partial charge in [-0.05, 0) is 46.0 Å². The van der Waals surface area contributed by atoms with Crippen LogP contribution < -0.4 is 5.73 Å². The molecule has 2 N–H and O–H groups in total. The fourth-order valence-corrected chi connectivity index (χ4v) is 2.32. The van der Waals surface area contributed by atoms with Crippen molar-refractivity contribution in [1.82, 2.24) is 0 Å². The average Bonchev–Trinajstić information content (AvgIpc) is 2.46. The van der Waals surface area contributed by atoms with Crippen molar-refractivity contribution in [2.45, 2.75) is 18.9 Å². The number of fused-ring (bicyclic) bond motifs is 1. The lowest BCUT2D eigenvalue weighted by Crippen LogP contribution is -2.05. The number of hydrogen-bond acceptors (Lipinski definition) is 3. The maximum atomic E-state index is 10.7. The quantitative estimate of drug-likeness (QED) is 0.619. The molecule has 14 heavy (non-hydrogen) atoms. The molecular formula is C9H9BrN2O2. The van der Waals surface area contributed by atoms with E-state index in [0.29, 0.717) is 4.47 Å². The first-order chi connectivity index (χ1) is 6.59. The van der Waals surface area contributed by atoms with Gasteiger partial charge in [0.05, 0.1) is 9.40 Å². The molecule has 0 saturated heterocycles. The molecule has 1 aromatic carbocycles. The second kappa shape index (κ2) is 3.33. The van der Waals surface area contributed by atoms with E-state index in [1.807, 2.05) is 0 Å². The van der Waals surface area contributed by atoms with Crippen LogP contribution in [0.2, 0.25) is 0 Å². The Morgan fingerprint density at radius 3 is 2.93 bits per heavy atom. The highest BCUT2D eigenvalue weighted by Gasteiger charge is 2.24. The number of aryl methyl sites for hydroxylation is 1. The van der Waals surface area contributed by atoms with Gasteiger partial charge in [0, 0.05) is 12.1 Å². The van der Waals surface area contributed by atoms with Crippen LogP contribution in [0.3, 0.4) is 0 Å². The first-order valence-corrected chi connectivity index (χ1v) is 5.11. The average molecular weight is 257 g/mol. The second-order valence-electron chi connectivity index (χ2n) is 3.40. The summed E-state index contributed by atoms with van der Waals surface area (Å²) in [6.45, 7) is 0. The number of nitro benzene ring substituents is 1. The third-order valence-corrected chi connectivity index (χ3v) is 3.16. The first-order valence-electron chi connectivity index (χ1n) is 4.32. The maximum Gasteiger partial charge on any atom is 0.283 e. The lowest BCUT2D eigenvalue weighted by molar-refractivity contribution is -0.385. The van der Waals surface area contributed by atoms with Crippen molar-refractivity contribution in [2.75, 3.05) is 0 Å². The van der Waals surface area contributed by atoms with E-state index in [-0.39, 0.29) is 11.7 Å². The van der Waals surface area contributed by atoms with E-state index < -0.39 is 4.92 Å². The van der Waals surface area contributed by atoms with Crippen molar-refractivity contribution >= 4 is 21.6 Å². The van der Waals surface area contributed by atoms with Crippen molar-refractivity contribution in [3.05, 3.63) is 37.8 Å². The molecule has 0 fully saturated rings.